The van der Waals surface area contributed by atoms with E-state index in [1.54, 1.807) is 26.9 Å². The number of fused-ring (bicyclic) bond motifs is 5. The fraction of sp³-hybridized carbons (Fsp3) is 0.292. The molecule has 4 heteroatoms. The Morgan fingerprint density at radius 1 is 1.04 bits per heavy atom. The van der Waals surface area contributed by atoms with Gasteiger partial charge in [0.05, 0.1) is 0 Å². The van der Waals surface area contributed by atoms with E-state index in [9.17, 15) is 0 Å². The maximum Gasteiger partial charge on any atom is 0.107 e. The molecule has 0 nitrogen and oxygen atoms in total. The number of benzene rings is 2. The first-order valence-corrected chi connectivity index (χ1v) is 12.1. The summed E-state index contributed by atoms with van der Waals surface area (Å²) in [4.78, 5) is 0. The predicted octanol–water partition coefficient (Wildman–Crippen LogP) is -0.406. The van der Waals surface area contributed by atoms with Crippen LogP contribution in [0.4, 0.5) is 0 Å². The van der Waals surface area contributed by atoms with Crippen LogP contribution in [0.5, 0.6) is 0 Å². The Balaban J connectivity index is 0.000000934. The molecule has 1 aliphatic carbocycles. The molecule has 146 valence electrons. The first-order valence-electron chi connectivity index (χ1n) is 9.65. The summed E-state index contributed by atoms with van der Waals surface area (Å²) in [6.45, 7) is 9.45. The van der Waals surface area contributed by atoms with Gasteiger partial charge in [0, 0.05) is 25.8 Å². The molecule has 1 heterocycles. The van der Waals surface area contributed by atoms with Crippen molar-refractivity contribution in [2.75, 3.05) is 0 Å². The second-order valence-corrected chi connectivity index (χ2v) is 12.5. The molecule has 0 unspecified atom stereocenters. The molecule has 0 saturated heterocycles. The zero-order chi connectivity index (χ0) is 17.3. The van der Waals surface area contributed by atoms with E-state index in [-0.39, 0.29) is 50.7 Å². The summed E-state index contributed by atoms with van der Waals surface area (Å²) < 4.78 is 0. The second kappa shape index (κ2) is 8.30. The fourth-order valence-corrected chi connectivity index (χ4v) is 10.5. The molecule has 28 heavy (non-hydrogen) atoms. The van der Waals surface area contributed by atoms with Crippen LogP contribution in [-0.2, 0) is 25.8 Å². The zero-order valence-electron chi connectivity index (χ0n) is 16.9. The summed E-state index contributed by atoms with van der Waals surface area (Å²) in [5.74, 6) is 0. The Bertz CT molecular complexity index is 1120. The van der Waals surface area contributed by atoms with Gasteiger partial charge in [-0.3, -0.25) is 0 Å². The zero-order valence-corrected chi connectivity index (χ0v) is 23.0. The fourth-order valence-electron chi connectivity index (χ4n) is 5.47. The van der Waals surface area contributed by atoms with Gasteiger partial charge in [-0.1, -0.05) is 88.9 Å². The van der Waals surface area contributed by atoms with E-state index in [0.717, 1.165) is 6.42 Å². The molecule has 1 aliphatic heterocycles. The van der Waals surface area contributed by atoms with E-state index in [1.807, 2.05) is 0 Å². The van der Waals surface area contributed by atoms with Crippen molar-refractivity contribution in [3.63, 3.8) is 0 Å². The van der Waals surface area contributed by atoms with Crippen LogP contribution in [0.1, 0.15) is 37.0 Å². The van der Waals surface area contributed by atoms with E-state index < -0.39 is 8.07 Å². The maximum absolute atomic E-state index is 2.47. The Kier molecular flexibility index (Phi) is 7.03. The van der Waals surface area contributed by atoms with E-state index in [1.165, 1.54) is 39.4 Å². The average molecular weight is 591 g/mol. The van der Waals surface area contributed by atoms with Crippen molar-refractivity contribution in [1.82, 2.24) is 0 Å². The van der Waals surface area contributed by atoms with Crippen molar-refractivity contribution < 1.29 is 50.7 Å². The van der Waals surface area contributed by atoms with Crippen LogP contribution in [0.25, 0.3) is 27.1 Å². The minimum atomic E-state index is -1.37. The second-order valence-electron chi connectivity index (χ2n) is 7.89. The molecule has 3 aromatic carbocycles. The number of hydrogen-bond acceptors (Lipinski definition) is 0. The summed E-state index contributed by atoms with van der Waals surface area (Å²) in [6.07, 6.45) is 7.94. The third-order valence-electron chi connectivity index (χ3n) is 6.76. The van der Waals surface area contributed by atoms with Gasteiger partial charge >= 0.3 is 0 Å². The van der Waals surface area contributed by atoms with Crippen molar-refractivity contribution in [2.24, 2.45) is 0 Å². The average Bonchev–Trinajstić information content (AvgIpc) is 2.91. The Labute approximate surface area is 200 Å². The first kappa shape index (κ1) is 23.7. The van der Waals surface area contributed by atoms with Gasteiger partial charge in [-0.25, -0.2) is 0 Å². The number of rotatable bonds is 3. The van der Waals surface area contributed by atoms with Crippen LogP contribution in [0.2, 0.25) is 12.1 Å². The third-order valence-corrected chi connectivity index (χ3v) is 12.0. The van der Waals surface area contributed by atoms with Gasteiger partial charge in [0.1, 0.15) is 8.07 Å². The number of halogens is 2. The summed E-state index contributed by atoms with van der Waals surface area (Å²) in [7, 11) is -1.37. The summed E-state index contributed by atoms with van der Waals surface area (Å²) in [6, 6.07) is 12.2. The van der Waals surface area contributed by atoms with Crippen molar-refractivity contribution in [2.45, 2.75) is 46.2 Å². The molecule has 0 saturated carbocycles. The molecule has 0 spiro atoms. The van der Waals surface area contributed by atoms with Gasteiger partial charge in [0.15, 0.2) is 0 Å². The Morgan fingerprint density at radius 2 is 1.75 bits per heavy atom. The topological polar surface area (TPSA) is 0 Å². The van der Waals surface area contributed by atoms with Gasteiger partial charge in [-0.2, -0.15) is 0 Å². The van der Waals surface area contributed by atoms with Crippen LogP contribution in [-0.4, -0.2) is 8.07 Å². The van der Waals surface area contributed by atoms with Gasteiger partial charge < -0.3 is 24.8 Å². The van der Waals surface area contributed by atoms with Crippen molar-refractivity contribution in [3.05, 3.63) is 59.2 Å². The van der Waals surface area contributed by atoms with Gasteiger partial charge in [0.25, 0.3) is 0 Å². The Hall–Kier alpha value is -0.543. The molecule has 0 N–H and O–H groups in total. The molecule has 0 aromatic heterocycles. The number of aryl methyl sites for hydroxylation is 1. The molecule has 0 amide bonds. The van der Waals surface area contributed by atoms with E-state index >= 15 is 0 Å². The van der Waals surface area contributed by atoms with Crippen LogP contribution >= 0.6 is 0 Å². The van der Waals surface area contributed by atoms with Crippen LogP contribution in [0.15, 0.2) is 42.5 Å². The van der Waals surface area contributed by atoms with Gasteiger partial charge in [0.2, 0.25) is 0 Å². The van der Waals surface area contributed by atoms with E-state index in [4.69, 9.17) is 0 Å². The monoisotopic (exact) mass is 591 g/mol. The standard InChI is InChI=1S/C24H25Si.2ClH.Hf/c1-5-25(6-2)23-16(4)21(17-9-7-8-10-17)20-14-18-13-15(3)11-12-19(18)22(20)24(23)25;;;/h7-9,11-14H,5-6,10H2,1-4H3;2*1H;/q-1;;;/p-2. The smallest absolute Gasteiger partial charge is 0.107 e. The summed E-state index contributed by atoms with van der Waals surface area (Å²) in [5.41, 5.74) is 6.02. The van der Waals surface area contributed by atoms with Crippen molar-refractivity contribution in [3.8, 4) is 0 Å². The SMILES string of the molecule is CC[Si]1(CC)c2c(C)c(C3=CC=CC3)c3[cH-]c4cc(C)ccc4c3c21.[Cl-].[Cl-].[Hf]. The minimum Gasteiger partial charge on any atom is -1.00 e. The molecule has 0 radical (unpaired) electrons. The van der Waals surface area contributed by atoms with Crippen molar-refractivity contribution in [1.29, 1.82) is 0 Å². The molecule has 5 rings (SSSR count). The first-order chi connectivity index (χ1) is 12.1. The molecular weight excluding hydrogens is 566 g/mol. The molecule has 3 aromatic rings. The largest absolute Gasteiger partial charge is 1.00 e. The third kappa shape index (κ3) is 2.98. The number of hydrogen-bond donors (Lipinski definition) is 0. The van der Waals surface area contributed by atoms with E-state index in [0.29, 0.717) is 0 Å². The van der Waals surface area contributed by atoms with Crippen LogP contribution in [0, 0.1) is 13.8 Å². The Morgan fingerprint density at radius 3 is 2.36 bits per heavy atom. The van der Waals surface area contributed by atoms with E-state index in [2.05, 4.69) is 70.2 Å². The molecular formula is C24H25Cl2HfSi-3. The predicted molar refractivity (Wildman–Crippen MR) is 114 cm³/mol. The maximum atomic E-state index is 2.47. The summed E-state index contributed by atoms with van der Waals surface area (Å²) >= 11 is 0. The number of allylic oxidation sites excluding steroid dienone is 4. The molecule has 0 atom stereocenters. The van der Waals surface area contributed by atoms with Crippen molar-refractivity contribution >= 4 is 45.6 Å². The quantitative estimate of drug-likeness (QED) is 0.288. The summed E-state index contributed by atoms with van der Waals surface area (Å²) in [5, 5.41) is 9.62. The molecule has 0 fully saturated rings. The van der Waals surface area contributed by atoms with Gasteiger partial charge in [-0.05, 0) is 20.3 Å². The molecule has 0 bridgehead atoms. The van der Waals surface area contributed by atoms with Crippen LogP contribution in [0.3, 0.4) is 0 Å². The molecule has 2 aliphatic rings. The van der Waals surface area contributed by atoms with Crippen LogP contribution < -0.4 is 35.2 Å². The normalized spacial score (nSPS) is 15.5. The van der Waals surface area contributed by atoms with Gasteiger partial charge in [-0.15, -0.1) is 33.7 Å². The minimum absolute atomic E-state index is 0.